The zero-order valence-electron chi connectivity index (χ0n) is 15.6. The molecule has 148 valence electrons. The summed E-state index contributed by atoms with van der Waals surface area (Å²) in [5, 5.41) is 9.39. The molecule has 3 rings (SSSR count). The maximum absolute atomic E-state index is 11.6. The molecule has 3 unspecified atom stereocenters. The zero-order chi connectivity index (χ0) is 17.6. The summed E-state index contributed by atoms with van der Waals surface area (Å²) in [6.45, 7) is 3.70. The normalized spacial score (nSPS) is 28.9. The van der Waals surface area contributed by atoms with Crippen LogP contribution in [0.2, 0.25) is 0 Å². The lowest BCUT2D eigenvalue weighted by atomic mass is 9.69. The summed E-state index contributed by atoms with van der Waals surface area (Å²) < 4.78 is 0. The number of rotatable bonds is 5. The third-order valence-electron chi connectivity index (χ3n) is 5.76. The molecule has 26 heavy (non-hydrogen) atoms. The molecule has 0 spiro atoms. The van der Waals surface area contributed by atoms with Gasteiger partial charge in [-0.15, -0.1) is 24.0 Å². The number of carbonyl (C=O) groups is 2. The number of hydrogen-bond acceptors (Lipinski definition) is 3. The van der Waals surface area contributed by atoms with Gasteiger partial charge in [-0.3, -0.25) is 14.7 Å². The fourth-order valence-electron chi connectivity index (χ4n) is 4.46. The highest BCUT2D eigenvalue weighted by atomic mass is 127. The van der Waals surface area contributed by atoms with Crippen LogP contribution >= 0.6 is 24.0 Å². The first kappa shape index (κ1) is 21.2. The van der Waals surface area contributed by atoms with Crippen molar-refractivity contribution in [3.63, 3.8) is 0 Å². The van der Waals surface area contributed by atoms with E-state index >= 15 is 0 Å². The predicted octanol–water partition coefficient (Wildman–Crippen LogP) is 2.07. The van der Waals surface area contributed by atoms with Crippen molar-refractivity contribution in [1.82, 2.24) is 20.9 Å². The largest absolute Gasteiger partial charge is 0.357 e. The minimum Gasteiger partial charge on any atom is -0.357 e. The zero-order valence-corrected chi connectivity index (χ0v) is 18.0. The summed E-state index contributed by atoms with van der Waals surface area (Å²) in [6.07, 6.45) is 9.35. The van der Waals surface area contributed by atoms with Gasteiger partial charge in [-0.2, -0.15) is 0 Å². The maximum Gasteiger partial charge on any atom is 0.324 e. The standard InChI is InChI=1S/C18H31N5O2.HI/c1-2-19-17(20-9-10-23-16(24)12-21-18(23)25)22-15-8-7-13-5-3-4-6-14(13)11-15;/h13-15H,2-12H2,1H3,(H,21,25)(H2,19,20,22);1H. The van der Waals surface area contributed by atoms with Gasteiger partial charge in [-0.1, -0.05) is 25.7 Å². The Labute approximate surface area is 173 Å². The molecule has 3 amide bonds. The van der Waals surface area contributed by atoms with Gasteiger partial charge in [0.1, 0.15) is 0 Å². The number of aliphatic imine (C=N–C) groups is 1. The van der Waals surface area contributed by atoms with Crippen molar-refractivity contribution in [2.75, 3.05) is 26.2 Å². The quantitative estimate of drug-likeness (QED) is 0.245. The minimum atomic E-state index is -0.311. The van der Waals surface area contributed by atoms with Crippen LogP contribution in [0.15, 0.2) is 4.99 Å². The highest BCUT2D eigenvalue weighted by molar-refractivity contribution is 14.0. The number of guanidine groups is 1. The predicted molar refractivity (Wildman–Crippen MR) is 113 cm³/mol. The van der Waals surface area contributed by atoms with Gasteiger partial charge in [0, 0.05) is 12.6 Å². The summed E-state index contributed by atoms with van der Waals surface area (Å²) in [6, 6.07) is 0.169. The van der Waals surface area contributed by atoms with Crippen molar-refractivity contribution in [3.8, 4) is 0 Å². The fraction of sp³-hybridized carbons (Fsp3) is 0.833. The summed E-state index contributed by atoms with van der Waals surface area (Å²) in [4.78, 5) is 29.0. The molecular weight excluding hydrogens is 445 g/mol. The average molecular weight is 477 g/mol. The molecule has 0 aromatic rings. The van der Waals surface area contributed by atoms with Gasteiger partial charge in [0.05, 0.1) is 19.6 Å². The van der Waals surface area contributed by atoms with E-state index in [0.29, 0.717) is 19.1 Å². The van der Waals surface area contributed by atoms with E-state index in [-0.39, 0.29) is 42.5 Å². The van der Waals surface area contributed by atoms with Crippen LogP contribution in [0.1, 0.15) is 51.9 Å². The molecule has 0 radical (unpaired) electrons. The topological polar surface area (TPSA) is 85.8 Å². The molecule has 3 fully saturated rings. The number of nitrogens with zero attached hydrogens (tertiary/aromatic N) is 2. The molecule has 3 atom stereocenters. The highest BCUT2D eigenvalue weighted by Gasteiger charge is 2.32. The number of nitrogens with one attached hydrogen (secondary N) is 3. The van der Waals surface area contributed by atoms with Gasteiger partial charge < -0.3 is 16.0 Å². The van der Waals surface area contributed by atoms with Gasteiger partial charge in [-0.05, 0) is 38.0 Å². The van der Waals surface area contributed by atoms with E-state index in [9.17, 15) is 9.59 Å². The Morgan fingerprint density at radius 2 is 1.96 bits per heavy atom. The van der Waals surface area contributed by atoms with E-state index in [1.807, 2.05) is 6.92 Å². The van der Waals surface area contributed by atoms with Crippen LogP contribution in [0, 0.1) is 11.8 Å². The number of carbonyl (C=O) groups excluding carboxylic acids is 2. The monoisotopic (exact) mass is 477 g/mol. The first-order valence-corrected chi connectivity index (χ1v) is 9.80. The number of fused-ring (bicyclic) bond motifs is 1. The molecule has 0 aromatic carbocycles. The fourth-order valence-corrected chi connectivity index (χ4v) is 4.46. The van der Waals surface area contributed by atoms with Crippen molar-refractivity contribution >= 4 is 41.9 Å². The summed E-state index contributed by atoms with van der Waals surface area (Å²) in [5.41, 5.74) is 0. The maximum atomic E-state index is 11.6. The number of hydrogen-bond donors (Lipinski definition) is 3. The number of halogens is 1. The van der Waals surface area contributed by atoms with E-state index in [2.05, 4.69) is 20.9 Å². The molecule has 8 heteroatoms. The van der Waals surface area contributed by atoms with E-state index in [4.69, 9.17) is 0 Å². The molecule has 2 saturated carbocycles. The molecule has 1 heterocycles. The Morgan fingerprint density at radius 1 is 1.19 bits per heavy atom. The van der Waals surface area contributed by atoms with Gasteiger partial charge in [0.25, 0.3) is 0 Å². The summed E-state index contributed by atoms with van der Waals surface area (Å²) in [5.74, 6) is 2.43. The highest BCUT2D eigenvalue weighted by Crippen LogP contribution is 2.40. The van der Waals surface area contributed by atoms with Crippen molar-refractivity contribution in [2.24, 2.45) is 16.8 Å². The average Bonchev–Trinajstić information content (AvgIpc) is 2.94. The lowest BCUT2D eigenvalue weighted by Gasteiger charge is -2.39. The van der Waals surface area contributed by atoms with E-state index in [1.165, 1.54) is 49.8 Å². The molecule has 3 aliphatic rings. The Morgan fingerprint density at radius 3 is 2.65 bits per heavy atom. The second kappa shape index (κ2) is 10.3. The Bertz CT molecular complexity index is 512. The third kappa shape index (κ3) is 5.47. The SMILES string of the molecule is CCNC(=NCCN1C(=O)CNC1=O)NC1CCC2CCCCC2C1.I. The van der Waals surface area contributed by atoms with Crippen LogP contribution < -0.4 is 16.0 Å². The first-order valence-electron chi connectivity index (χ1n) is 9.80. The molecular formula is C18H32IN5O2. The van der Waals surface area contributed by atoms with Crippen molar-refractivity contribution in [3.05, 3.63) is 0 Å². The molecule has 0 aromatic heterocycles. The van der Waals surface area contributed by atoms with Crippen molar-refractivity contribution in [2.45, 2.75) is 57.9 Å². The second-order valence-corrected chi connectivity index (χ2v) is 7.42. The summed E-state index contributed by atoms with van der Waals surface area (Å²) >= 11 is 0. The Hall–Kier alpha value is -1.06. The van der Waals surface area contributed by atoms with E-state index in [1.54, 1.807) is 0 Å². The molecule has 1 aliphatic heterocycles. The molecule has 0 bridgehead atoms. The smallest absolute Gasteiger partial charge is 0.324 e. The number of amides is 3. The molecule has 3 N–H and O–H groups in total. The minimum absolute atomic E-state index is 0. The lowest BCUT2D eigenvalue weighted by Crippen LogP contribution is -2.47. The molecule has 7 nitrogen and oxygen atoms in total. The van der Waals surface area contributed by atoms with Crippen LogP contribution in [0.5, 0.6) is 0 Å². The van der Waals surface area contributed by atoms with Gasteiger partial charge in [0.15, 0.2) is 5.96 Å². The van der Waals surface area contributed by atoms with Gasteiger partial charge in [-0.25, -0.2) is 4.79 Å². The van der Waals surface area contributed by atoms with Crippen LogP contribution in [-0.4, -0.2) is 55.0 Å². The number of imide groups is 1. The Kier molecular flexibility index (Phi) is 8.43. The third-order valence-corrected chi connectivity index (χ3v) is 5.76. The first-order chi connectivity index (χ1) is 12.2. The van der Waals surface area contributed by atoms with Crippen LogP contribution in [0.25, 0.3) is 0 Å². The van der Waals surface area contributed by atoms with E-state index in [0.717, 1.165) is 24.3 Å². The van der Waals surface area contributed by atoms with Crippen LogP contribution in [0.4, 0.5) is 4.79 Å². The van der Waals surface area contributed by atoms with Gasteiger partial charge in [0.2, 0.25) is 5.91 Å². The van der Waals surface area contributed by atoms with Crippen LogP contribution in [0.3, 0.4) is 0 Å². The van der Waals surface area contributed by atoms with Crippen LogP contribution in [-0.2, 0) is 4.79 Å². The molecule has 1 saturated heterocycles. The Balaban J connectivity index is 0.00000243. The molecule has 2 aliphatic carbocycles. The van der Waals surface area contributed by atoms with Crippen molar-refractivity contribution in [1.29, 1.82) is 0 Å². The van der Waals surface area contributed by atoms with Gasteiger partial charge >= 0.3 is 6.03 Å². The number of urea groups is 1. The summed E-state index contributed by atoms with van der Waals surface area (Å²) in [7, 11) is 0. The second-order valence-electron chi connectivity index (χ2n) is 7.42. The van der Waals surface area contributed by atoms with Crippen molar-refractivity contribution < 1.29 is 9.59 Å². The lowest BCUT2D eigenvalue weighted by molar-refractivity contribution is -0.124. The van der Waals surface area contributed by atoms with E-state index < -0.39 is 0 Å².